The van der Waals surface area contributed by atoms with E-state index in [4.69, 9.17) is 4.74 Å². The number of alkyl halides is 3. The number of thioether (sulfide) groups is 1. The number of aromatic nitrogens is 1. The van der Waals surface area contributed by atoms with Crippen molar-refractivity contribution in [1.29, 1.82) is 0 Å². The molecule has 1 saturated heterocycles. The molecule has 160 valence electrons. The lowest BCUT2D eigenvalue weighted by molar-refractivity contribution is -0.151. The van der Waals surface area contributed by atoms with Crippen LogP contribution < -0.4 is 0 Å². The van der Waals surface area contributed by atoms with E-state index >= 15 is 0 Å². The summed E-state index contributed by atoms with van der Waals surface area (Å²) in [6.45, 7) is 2.28. The second kappa shape index (κ2) is 9.95. The molecule has 7 nitrogen and oxygen atoms in total. The van der Waals surface area contributed by atoms with Crippen molar-refractivity contribution >= 4 is 29.5 Å². The van der Waals surface area contributed by atoms with Crippen LogP contribution in [0.3, 0.4) is 0 Å². The fourth-order valence-corrected chi connectivity index (χ4v) is 3.58. The van der Waals surface area contributed by atoms with E-state index in [1.807, 2.05) is 0 Å². The second-order valence-electron chi connectivity index (χ2n) is 6.50. The molecule has 1 aromatic rings. The van der Waals surface area contributed by atoms with Gasteiger partial charge in [0.1, 0.15) is 5.03 Å². The molecule has 1 aromatic heterocycles. The van der Waals surface area contributed by atoms with E-state index in [0.717, 1.165) is 4.90 Å². The van der Waals surface area contributed by atoms with Gasteiger partial charge in [-0.25, -0.2) is 4.98 Å². The van der Waals surface area contributed by atoms with Crippen LogP contribution in [0.5, 0.6) is 0 Å². The van der Waals surface area contributed by atoms with Crippen molar-refractivity contribution in [3.05, 3.63) is 23.9 Å². The predicted molar refractivity (Wildman–Crippen MR) is 99.0 cm³/mol. The van der Waals surface area contributed by atoms with Crippen molar-refractivity contribution in [3.63, 3.8) is 0 Å². The van der Waals surface area contributed by atoms with Gasteiger partial charge >= 0.3 is 11.5 Å². The minimum atomic E-state index is -4.59. The van der Waals surface area contributed by atoms with E-state index < -0.39 is 34.1 Å². The average molecular weight is 433 g/mol. The Hall–Kier alpha value is -2.30. The fourth-order valence-electron chi connectivity index (χ4n) is 2.98. The van der Waals surface area contributed by atoms with Gasteiger partial charge in [-0.05, 0) is 31.9 Å². The molecule has 0 bridgehead atoms. The monoisotopic (exact) mass is 433 g/mol. The number of halogens is 3. The van der Waals surface area contributed by atoms with Crippen LogP contribution in [0.2, 0.25) is 0 Å². The molecule has 0 radical (unpaired) electrons. The van der Waals surface area contributed by atoms with Gasteiger partial charge in [0.2, 0.25) is 5.91 Å². The predicted octanol–water partition coefficient (Wildman–Crippen LogP) is 2.57. The number of carbonyl (C=O) groups excluding carboxylic acids is 3. The van der Waals surface area contributed by atoms with Crippen LogP contribution in [0, 0.1) is 5.92 Å². The van der Waals surface area contributed by atoms with Crippen molar-refractivity contribution in [2.75, 3.05) is 33.3 Å². The van der Waals surface area contributed by atoms with E-state index in [1.54, 1.807) is 6.92 Å². The van der Waals surface area contributed by atoms with Crippen LogP contribution >= 0.6 is 11.8 Å². The molecule has 0 spiro atoms. The van der Waals surface area contributed by atoms with Gasteiger partial charge in [-0.15, -0.1) is 0 Å². The van der Waals surface area contributed by atoms with Crippen molar-refractivity contribution < 1.29 is 32.3 Å². The van der Waals surface area contributed by atoms with Crippen LogP contribution in [-0.4, -0.2) is 71.4 Å². The Morgan fingerprint density at radius 3 is 2.76 bits per heavy atom. The maximum Gasteiger partial charge on any atom is 0.447 e. The zero-order valence-electron chi connectivity index (χ0n) is 16.1. The first-order chi connectivity index (χ1) is 13.6. The van der Waals surface area contributed by atoms with E-state index in [-0.39, 0.29) is 37.1 Å². The van der Waals surface area contributed by atoms with Gasteiger partial charge in [0.15, 0.2) is 0 Å². The molecule has 29 heavy (non-hydrogen) atoms. The Morgan fingerprint density at radius 2 is 2.10 bits per heavy atom. The van der Waals surface area contributed by atoms with Crippen molar-refractivity contribution in [2.45, 2.75) is 30.3 Å². The smallest absolute Gasteiger partial charge is 0.447 e. The van der Waals surface area contributed by atoms with Crippen molar-refractivity contribution in [3.8, 4) is 0 Å². The third-order valence-corrected chi connectivity index (χ3v) is 5.08. The van der Waals surface area contributed by atoms with Crippen LogP contribution in [0.4, 0.5) is 13.2 Å². The minimum Gasteiger partial charge on any atom is -0.466 e. The Morgan fingerprint density at radius 1 is 1.38 bits per heavy atom. The molecule has 1 atom stereocenters. The molecule has 1 unspecified atom stereocenters. The van der Waals surface area contributed by atoms with Gasteiger partial charge in [0.05, 0.1) is 24.6 Å². The average Bonchev–Trinajstić information content (AvgIpc) is 2.67. The Labute approximate surface area is 170 Å². The lowest BCUT2D eigenvalue weighted by Gasteiger charge is -2.32. The van der Waals surface area contributed by atoms with Gasteiger partial charge in [-0.2, -0.15) is 13.2 Å². The number of esters is 1. The molecular weight excluding hydrogens is 411 g/mol. The second-order valence-corrected chi connectivity index (χ2v) is 7.55. The quantitative estimate of drug-likeness (QED) is 0.507. The molecule has 2 amide bonds. The first-order valence-corrected chi connectivity index (χ1v) is 9.84. The third kappa shape index (κ3) is 6.62. The number of likely N-dealkylation sites (N-methyl/N-ethyl adjacent to an activating group) is 1. The first kappa shape index (κ1) is 23.0. The fraction of sp³-hybridized carbons (Fsp3) is 0.556. The molecule has 0 aromatic carbocycles. The Kier molecular flexibility index (Phi) is 7.88. The molecule has 11 heteroatoms. The number of piperidine rings is 1. The maximum absolute atomic E-state index is 12.7. The summed E-state index contributed by atoms with van der Waals surface area (Å²) >= 11 is -0.477. The van der Waals surface area contributed by atoms with E-state index in [0.29, 0.717) is 19.4 Å². The van der Waals surface area contributed by atoms with Crippen LogP contribution in [0.25, 0.3) is 0 Å². The van der Waals surface area contributed by atoms with Gasteiger partial charge in [-0.3, -0.25) is 14.4 Å². The summed E-state index contributed by atoms with van der Waals surface area (Å²) in [6.07, 6.45) is 2.41. The zero-order chi connectivity index (χ0) is 21.6. The summed E-state index contributed by atoms with van der Waals surface area (Å²) in [5.41, 5.74) is -4.82. The topological polar surface area (TPSA) is 79.8 Å². The molecule has 0 saturated carbocycles. The molecule has 0 aliphatic carbocycles. The van der Waals surface area contributed by atoms with Crippen LogP contribution in [0.1, 0.15) is 30.1 Å². The SMILES string of the molecule is CCOC(=O)C1CCCN(C(=O)CN(C)C(=O)c2cccnc2SC(F)(F)F)C1. The number of carbonyl (C=O) groups is 3. The van der Waals surface area contributed by atoms with Gasteiger partial charge in [0.25, 0.3) is 5.91 Å². The lowest BCUT2D eigenvalue weighted by Crippen LogP contribution is -2.47. The number of likely N-dealkylation sites (tertiary alicyclic amines) is 1. The molecule has 1 aliphatic rings. The zero-order valence-corrected chi connectivity index (χ0v) is 16.9. The van der Waals surface area contributed by atoms with Gasteiger partial charge < -0.3 is 14.5 Å². The number of ether oxygens (including phenoxy) is 1. The van der Waals surface area contributed by atoms with Crippen molar-refractivity contribution in [2.24, 2.45) is 5.92 Å². The number of amides is 2. The highest BCUT2D eigenvalue weighted by atomic mass is 32.2. The summed E-state index contributed by atoms with van der Waals surface area (Å²) in [6, 6.07) is 2.60. The standard InChI is InChI=1S/C18H22F3N3O4S/c1-3-28-17(27)12-6-5-9-24(10-12)14(25)11-23(2)16(26)13-7-4-8-22-15(13)29-18(19,20)21/h4,7-8,12H,3,5-6,9-11H2,1-2H3. The number of pyridine rings is 1. The normalized spacial score (nSPS) is 17.0. The summed E-state index contributed by atoms with van der Waals surface area (Å²) in [4.78, 5) is 43.2. The van der Waals surface area contributed by atoms with E-state index in [2.05, 4.69) is 4.98 Å². The highest BCUT2D eigenvalue weighted by Gasteiger charge is 2.34. The molecule has 2 rings (SSSR count). The summed E-state index contributed by atoms with van der Waals surface area (Å²) in [5.74, 6) is -1.90. The van der Waals surface area contributed by atoms with Gasteiger partial charge in [0, 0.05) is 38.1 Å². The number of hydrogen-bond donors (Lipinski definition) is 0. The van der Waals surface area contributed by atoms with E-state index in [1.165, 1.54) is 30.3 Å². The Bertz CT molecular complexity index is 760. The molecule has 1 aliphatic heterocycles. The van der Waals surface area contributed by atoms with Crippen LogP contribution in [-0.2, 0) is 14.3 Å². The molecular formula is C18H22F3N3O4S. The molecule has 0 N–H and O–H groups in total. The number of hydrogen-bond acceptors (Lipinski definition) is 6. The van der Waals surface area contributed by atoms with Gasteiger partial charge in [-0.1, -0.05) is 0 Å². The summed E-state index contributed by atoms with van der Waals surface area (Å²) in [5, 5.41) is -0.468. The molecule has 2 heterocycles. The number of rotatable bonds is 6. The largest absolute Gasteiger partial charge is 0.466 e. The number of nitrogens with zero attached hydrogens (tertiary/aromatic N) is 3. The summed E-state index contributed by atoms with van der Waals surface area (Å²) < 4.78 is 43.1. The van der Waals surface area contributed by atoms with Crippen LogP contribution in [0.15, 0.2) is 23.4 Å². The highest BCUT2D eigenvalue weighted by Crippen LogP contribution is 2.37. The first-order valence-electron chi connectivity index (χ1n) is 9.03. The van der Waals surface area contributed by atoms with E-state index in [9.17, 15) is 27.6 Å². The minimum absolute atomic E-state index is 0.196. The maximum atomic E-state index is 12.7. The molecule has 1 fully saturated rings. The lowest BCUT2D eigenvalue weighted by atomic mass is 9.98. The Balaban J connectivity index is 2.03. The van der Waals surface area contributed by atoms with Crippen molar-refractivity contribution in [1.82, 2.24) is 14.8 Å². The summed E-state index contributed by atoms with van der Waals surface area (Å²) in [7, 11) is 1.34. The third-order valence-electron chi connectivity index (χ3n) is 4.33. The highest BCUT2D eigenvalue weighted by molar-refractivity contribution is 8.00.